The van der Waals surface area contributed by atoms with Crippen LogP contribution in [0.1, 0.15) is 0 Å². The number of amides is 1. The van der Waals surface area contributed by atoms with Crippen LogP contribution in [0.25, 0.3) is 0 Å². The van der Waals surface area contributed by atoms with Crippen molar-refractivity contribution in [3.05, 3.63) is 0 Å². The molecular formula is C9H16N2OS2. The number of rotatable bonds is 2. The fourth-order valence-electron chi connectivity index (χ4n) is 1.41. The average molecular weight is 232 g/mol. The predicted molar refractivity (Wildman–Crippen MR) is 63.2 cm³/mol. The van der Waals surface area contributed by atoms with Gasteiger partial charge in [0.2, 0.25) is 0 Å². The molecule has 80 valence electrons. The van der Waals surface area contributed by atoms with E-state index in [9.17, 15) is 4.79 Å². The van der Waals surface area contributed by atoms with Crippen LogP contribution in [0.15, 0.2) is 0 Å². The molecule has 1 unspecified atom stereocenters. The summed E-state index contributed by atoms with van der Waals surface area (Å²) in [5.74, 6) is 2.26. The van der Waals surface area contributed by atoms with Crippen LogP contribution in [0.4, 0.5) is 4.79 Å². The molecule has 2 rings (SSSR count). The Morgan fingerprint density at radius 1 is 1.43 bits per heavy atom. The Labute approximate surface area is 93.6 Å². The molecule has 14 heavy (non-hydrogen) atoms. The minimum Gasteiger partial charge on any atom is -0.331 e. The topological polar surface area (TPSA) is 23.6 Å². The zero-order valence-electron chi connectivity index (χ0n) is 8.44. The molecule has 2 saturated heterocycles. The second-order valence-corrected chi connectivity index (χ2v) is 6.13. The Morgan fingerprint density at radius 3 is 2.64 bits per heavy atom. The molecule has 2 heterocycles. The molecule has 5 heteroatoms. The number of nitrogens with zero attached hydrogens (tertiary/aromatic N) is 2. The lowest BCUT2D eigenvalue weighted by Gasteiger charge is -2.31. The van der Waals surface area contributed by atoms with Crippen LogP contribution in [0.3, 0.4) is 0 Å². The van der Waals surface area contributed by atoms with Crippen LogP contribution >= 0.6 is 23.5 Å². The maximum Gasteiger partial charge on any atom is 0.281 e. The van der Waals surface area contributed by atoms with E-state index < -0.39 is 0 Å². The van der Waals surface area contributed by atoms with Gasteiger partial charge in [0.05, 0.1) is 0 Å². The normalized spacial score (nSPS) is 27.8. The quantitative estimate of drug-likeness (QED) is 0.668. The van der Waals surface area contributed by atoms with E-state index in [1.807, 2.05) is 16.7 Å². The van der Waals surface area contributed by atoms with Crippen molar-refractivity contribution in [2.45, 2.75) is 5.25 Å². The molecule has 0 aromatic carbocycles. The summed E-state index contributed by atoms with van der Waals surface area (Å²) in [6.07, 6.45) is 0. The van der Waals surface area contributed by atoms with Gasteiger partial charge >= 0.3 is 0 Å². The first-order chi connectivity index (χ1) is 6.75. The van der Waals surface area contributed by atoms with Crippen LogP contribution in [-0.2, 0) is 0 Å². The summed E-state index contributed by atoms with van der Waals surface area (Å²) in [6, 6.07) is 0. The predicted octanol–water partition coefficient (Wildman–Crippen LogP) is 1.20. The minimum atomic E-state index is 0.283. The van der Waals surface area contributed by atoms with Gasteiger partial charge in [0.15, 0.2) is 0 Å². The SMILES string of the molecule is CN1CCN(C(=O)SCC2CS2)CC1. The van der Waals surface area contributed by atoms with Crippen molar-refractivity contribution in [2.75, 3.05) is 44.7 Å². The zero-order valence-corrected chi connectivity index (χ0v) is 10.1. The van der Waals surface area contributed by atoms with Crippen LogP contribution in [0, 0.1) is 0 Å². The number of hydrogen-bond acceptors (Lipinski definition) is 4. The standard InChI is InChI=1S/C9H16N2OS2/c1-10-2-4-11(5-3-10)9(12)14-7-8-6-13-8/h8H,2-7H2,1H3. The second-order valence-electron chi connectivity index (χ2n) is 3.82. The highest BCUT2D eigenvalue weighted by molar-refractivity contribution is 8.15. The summed E-state index contributed by atoms with van der Waals surface area (Å²) in [5.41, 5.74) is 0. The highest BCUT2D eigenvalue weighted by atomic mass is 32.2. The van der Waals surface area contributed by atoms with Crippen LogP contribution in [0.2, 0.25) is 0 Å². The Balaban J connectivity index is 1.68. The van der Waals surface area contributed by atoms with Gasteiger partial charge in [-0.2, -0.15) is 11.8 Å². The third-order valence-corrected chi connectivity index (χ3v) is 4.81. The average Bonchev–Trinajstić information content (AvgIpc) is 2.99. The molecule has 0 spiro atoms. The van der Waals surface area contributed by atoms with E-state index in [4.69, 9.17) is 0 Å². The maximum absolute atomic E-state index is 11.7. The van der Waals surface area contributed by atoms with E-state index >= 15 is 0 Å². The number of carbonyl (C=O) groups is 1. The monoisotopic (exact) mass is 232 g/mol. The van der Waals surface area contributed by atoms with Crippen LogP contribution in [0.5, 0.6) is 0 Å². The molecule has 0 bridgehead atoms. The van der Waals surface area contributed by atoms with E-state index in [0.29, 0.717) is 0 Å². The lowest BCUT2D eigenvalue weighted by Crippen LogP contribution is -2.45. The van der Waals surface area contributed by atoms with Crippen molar-refractivity contribution in [1.82, 2.24) is 9.80 Å². The third-order valence-electron chi connectivity index (χ3n) is 2.56. The molecule has 2 fully saturated rings. The lowest BCUT2D eigenvalue weighted by molar-refractivity contribution is 0.172. The zero-order chi connectivity index (χ0) is 9.97. The van der Waals surface area contributed by atoms with Gasteiger partial charge < -0.3 is 9.80 Å². The molecule has 2 aliphatic heterocycles. The maximum atomic E-state index is 11.7. The van der Waals surface area contributed by atoms with Crippen molar-refractivity contribution in [2.24, 2.45) is 0 Å². The van der Waals surface area contributed by atoms with Crippen molar-refractivity contribution in [3.63, 3.8) is 0 Å². The van der Waals surface area contributed by atoms with Gasteiger partial charge in [-0.1, -0.05) is 11.8 Å². The minimum absolute atomic E-state index is 0.283. The van der Waals surface area contributed by atoms with E-state index in [-0.39, 0.29) is 5.24 Å². The molecule has 0 aliphatic carbocycles. The fourth-order valence-corrected chi connectivity index (χ4v) is 3.21. The molecule has 0 N–H and O–H groups in total. The highest BCUT2D eigenvalue weighted by Gasteiger charge is 2.25. The van der Waals surface area contributed by atoms with E-state index in [0.717, 1.165) is 37.2 Å². The summed E-state index contributed by atoms with van der Waals surface area (Å²) in [6.45, 7) is 3.84. The molecular weight excluding hydrogens is 216 g/mol. The summed E-state index contributed by atoms with van der Waals surface area (Å²) in [7, 11) is 2.11. The number of likely N-dealkylation sites (N-methyl/N-ethyl adjacent to an activating group) is 1. The smallest absolute Gasteiger partial charge is 0.281 e. The molecule has 2 aliphatic rings. The molecule has 1 amide bonds. The van der Waals surface area contributed by atoms with Crippen molar-refractivity contribution in [3.8, 4) is 0 Å². The second kappa shape index (κ2) is 4.77. The Bertz CT molecular complexity index is 213. The van der Waals surface area contributed by atoms with Gasteiger partial charge in [0.25, 0.3) is 5.24 Å². The van der Waals surface area contributed by atoms with Gasteiger partial charge in [-0.15, -0.1) is 0 Å². The summed E-state index contributed by atoms with van der Waals surface area (Å²) < 4.78 is 0. The Morgan fingerprint density at radius 2 is 2.07 bits per heavy atom. The third kappa shape index (κ3) is 3.07. The first-order valence-electron chi connectivity index (χ1n) is 4.97. The molecule has 0 radical (unpaired) electrons. The fraction of sp³-hybridized carbons (Fsp3) is 0.889. The summed E-state index contributed by atoms with van der Waals surface area (Å²) in [4.78, 5) is 16.0. The van der Waals surface area contributed by atoms with E-state index in [2.05, 4.69) is 11.9 Å². The number of thioether (sulfide) groups is 2. The van der Waals surface area contributed by atoms with Crippen molar-refractivity contribution < 1.29 is 4.79 Å². The Kier molecular flexibility index (Phi) is 3.62. The van der Waals surface area contributed by atoms with Gasteiger partial charge in [-0.3, -0.25) is 4.79 Å². The van der Waals surface area contributed by atoms with Gasteiger partial charge in [-0.05, 0) is 7.05 Å². The van der Waals surface area contributed by atoms with E-state index in [1.54, 1.807) is 0 Å². The van der Waals surface area contributed by atoms with Gasteiger partial charge in [0.1, 0.15) is 0 Å². The molecule has 1 atom stereocenters. The summed E-state index contributed by atoms with van der Waals surface area (Å²) in [5, 5.41) is 1.04. The van der Waals surface area contributed by atoms with Crippen LogP contribution < -0.4 is 0 Å². The molecule has 3 nitrogen and oxygen atoms in total. The summed E-state index contributed by atoms with van der Waals surface area (Å²) >= 11 is 3.46. The number of carbonyl (C=O) groups excluding carboxylic acids is 1. The first-order valence-corrected chi connectivity index (χ1v) is 7.01. The van der Waals surface area contributed by atoms with Gasteiger partial charge in [0, 0.05) is 42.9 Å². The molecule has 0 saturated carbocycles. The number of hydrogen-bond donors (Lipinski definition) is 0. The highest BCUT2D eigenvalue weighted by Crippen LogP contribution is 2.33. The van der Waals surface area contributed by atoms with E-state index in [1.165, 1.54) is 17.5 Å². The van der Waals surface area contributed by atoms with Crippen LogP contribution in [-0.4, -0.2) is 65.0 Å². The first kappa shape index (κ1) is 10.6. The Hall–Kier alpha value is 0.130. The van der Waals surface area contributed by atoms with Gasteiger partial charge in [-0.25, -0.2) is 0 Å². The van der Waals surface area contributed by atoms with Crippen molar-refractivity contribution in [1.29, 1.82) is 0 Å². The van der Waals surface area contributed by atoms with Crippen molar-refractivity contribution >= 4 is 28.8 Å². The number of piperazine rings is 1. The molecule has 0 aromatic rings. The molecule has 0 aromatic heterocycles. The largest absolute Gasteiger partial charge is 0.331 e. The lowest BCUT2D eigenvalue weighted by atomic mass is 10.4.